The molecule has 2 N–H and O–H groups in total. The van der Waals surface area contributed by atoms with Crippen molar-refractivity contribution in [1.29, 1.82) is 0 Å². The molecule has 1 fully saturated rings. The molecule has 0 spiro atoms. The molecule has 0 saturated carbocycles. The molecule has 6 nitrogen and oxygen atoms in total. The van der Waals surface area contributed by atoms with Crippen LogP contribution in [0.25, 0.3) is 0 Å². The highest BCUT2D eigenvalue weighted by atomic mass is 32.1. The summed E-state index contributed by atoms with van der Waals surface area (Å²) in [5, 5.41) is 16.3. The summed E-state index contributed by atoms with van der Waals surface area (Å²) in [7, 11) is 0. The molecule has 1 aliphatic heterocycles. The van der Waals surface area contributed by atoms with Gasteiger partial charge < -0.3 is 5.32 Å². The van der Waals surface area contributed by atoms with Gasteiger partial charge in [0, 0.05) is 29.9 Å². The largest absolute Gasteiger partial charge is 0.332 e. The van der Waals surface area contributed by atoms with Crippen molar-refractivity contribution in [1.82, 2.24) is 10.4 Å². The zero-order valence-corrected chi connectivity index (χ0v) is 13.0. The fourth-order valence-electron chi connectivity index (χ4n) is 2.58. The van der Waals surface area contributed by atoms with Crippen LogP contribution in [0, 0.1) is 10.1 Å². The van der Waals surface area contributed by atoms with E-state index in [1.54, 1.807) is 12.1 Å². The molecule has 0 bridgehead atoms. The Morgan fingerprint density at radius 1 is 1.29 bits per heavy atom. The van der Waals surface area contributed by atoms with Gasteiger partial charge in [-0.1, -0.05) is 6.42 Å². The van der Waals surface area contributed by atoms with Gasteiger partial charge in [-0.2, -0.15) is 0 Å². The fraction of sp³-hybridized carbons (Fsp3) is 0.500. The fourth-order valence-corrected chi connectivity index (χ4v) is 2.81. The van der Waals surface area contributed by atoms with Gasteiger partial charge in [-0.05, 0) is 51.0 Å². The van der Waals surface area contributed by atoms with Gasteiger partial charge in [0.25, 0.3) is 5.69 Å². The minimum absolute atomic E-state index is 0.0673. The van der Waals surface area contributed by atoms with E-state index in [0.29, 0.717) is 17.2 Å². The number of rotatable bonds is 3. The van der Waals surface area contributed by atoms with E-state index in [4.69, 9.17) is 12.2 Å². The molecule has 7 heteroatoms. The van der Waals surface area contributed by atoms with Crippen LogP contribution in [-0.4, -0.2) is 27.1 Å². The molecule has 1 aromatic rings. The number of nitro benzene ring substituents is 1. The van der Waals surface area contributed by atoms with Crippen LogP contribution in [0.1, 0.15) is 33.1 Å². The van der Waals surface area contributed by atoms with E-state index in [-0.39, 0.29) is 5.69 Å². The Morgan fingerprint density at radius 3 is 2.38 bits per heavy atom. The monoisotopic (exact) mass is 308 g/mol. The second-order valence-corrected chi connectivity index (χ2v) is 5.81. The topological polar surface area (TPSA) is 70.4 Å². The van der Waals surface area contributed by atoms with Crippen molar-refractivity contribution in [2.75, 3.05) is 5.32 Å². The lowest BCUT2D eigenvalue weighted by Crippen LogP contribution is -2.55. The van der Waals surface area contributed by atoms with Crippen molar-refractivity contribution in [3.8, 4) is 0 Å². The van der Waals surface area contributed by atoms with Crippen molar-refractivity contribution in [3.05, 3.63) is 34.4 Å². The summed E-state index contributed by atoms with van der Waals surface area (Å²) in [5.74, 6) is 0. The minimum atomic E-state index is -0.419. The smallest absolute Gasteiger partial charge is 0.269 e. The molecule has 1 aliphatic rings. The van der Waals surface area contributed by atoms with Crippen molar-refractivity contribution >= 4 is 28.7 Å². The lowest BCUT2D eigenvalue weighted by molar-refractivity contribution is -0.384. The summed E-state index contributed by atoms with van der Waals surface area (Å²) in [6.45, 7) is 4.36. The van der Waals surface area contributed by atoms with Crippen LogP contribution in [0.3, 0.4) is 0 Å². The molecule has 1 aromatic carbocycles. The first-order valence-corrected chi connectivity index (χ1v) is 7.48. The summed E-state index contributed by atoms with van der Waals surface area (Å²) in [6, 6.07) is 7.08. The predicted octanol–water partition coefficient (Wildman–Crippen LogP) is 3.06. The maximum absolute atomic E-state index is 10.6. The number of anilines is 1. The standard InChI is InChI=1S/C14H20N4O2S/c1-10-4-3-5-11(2)17(10)16-14(21)15-12-6-8-13(9-7-12)18(19)20/h6-11H,3-5H2,1-2H3,(H2,15,16,21). The molecular weight excluding hydrogens is 288 g/mol. The number of benzene rings is 1. The first-order valence-electron chi connectivity index (χ1n) is 7.08. The van der Waals surface area contributed by atoms with Gasteiger partial charge in [0.15, 0.2) is 5.11 Å². The van der Waals surface area contributed by atoms with E-state index >= 15 is 0 Å². The highest BCUT2D eigenvalue weighted by Crippen LogP contribution is 2.20. The van der Waals surface area contributed by atoms with Crippen molar-refractivity contribution in [2.24, 2.45) is 0 Å². The third kappa shape index (κ3) is 4.12. The van der Waals surface area contributed by atoms with Gasteiger partial charge in [0.05, 0.1) is 4.92 Å². The van der Waals surface area contributed by atoms with E-state index in [0.717, 1.165) is 18.5 Å². The van der Waals surface area contributed by atoms with Gasteiger partial charge in [0.2, 0.25) is 0 Å². The molecule has 1 heterocycles. The number of thiocarbonyl (C=S) groups is 1. The quantitative estimate of drug-likeness (QED) is 0.508. The lowest BCUT2D eigenvalue weighted by Gasteiger charge is -2.39. The Labute approximate surface area is 129 Å². The molecular formula is C14H20N4O2S. The maximum Gasteiger partial charge on any atom is 0.269 e. The van der Waals surface area contributed by atoms with Crippen molar-refractivity contribution in [2.45, 2.75) is 45.2 Å². The summed E-state index contributed by atoms with van der Waals surface area (Å²) in [6.07, 6.45) is 3.54. The Balaban J connectivity index is 1.93. The first kappa shape index (κ1) is 15.7. The zero-order valence-electron chi connectivity index (χ0n) is 12.2. The summed E-state index contributed by atoms with van der Waals surface area (Å²) in [5.41, 5.74) is 4.02. The van der Waals surface area contributed by atoms with Gasteiger partial charge in [0.1, 0.15) is 0 Å². The number of nitrogens with zero attached hydrogens (tertiary/aromatic N) is 2. The average Bonchev–Trinajstić information content (AvgIpc) is 2.43. The Bertz CT molecular complexity index is 510. The van der Waals surface area contributed by atoms with E-state index < -0.39 is 4.92 Å². The molecule has 2 unspecified atom stereocenters. The van der Waals surface area contributed by atoms with Crippen LogP contribution < -0.4 is 10.7 Å². The zero-order chi connectivity index (χ0) is 15.4. The second-order valence-electron chi connectivity index (χ2n) is 5.41. The normalized spacial score (nSPS) is 22.6. The molecule has 2 atom stereocenters. The third-order valence-electron chi connectivity index (χ3n) is 3.76. The summed E-state index contributed by atoms with van der Waals surface area (Å²) in [4.78, 5) is 10.2. The summed E-state index contributed by atoms with van der Waals surface area (Å²) < 4.78 is 0. The maximum atomic E-state index is 10.6. The van der Waals surface area contributed by atoms with E-state index in [1.165, 1.54) is 18.6 Å². The van der Waals surface area contributed by atoms with E-state index in [9.17, 15) is 10.1 Å². The number of nitrogens with one attached hydrogen (secondary N) is 2. The number of nitro groups is 1. The Morgan fingerprint density at radius 2 is 1.86 bits per heavy atom. The predicted molar refractivity (Wildman–Crippen MR) is 87.1 cm³/mol. The van der Waals surface area contributed by atoms with Gasteiger partial charge >= 0.3 is 0 Å². The van der Waals surface area contributed by atoms with Crippen LogP contribution in [-0.2, 0) is 0 Å². The molecule has 2 rings (SSSR count). The van der Waals surface area contributed by atoms with Gasteiger partial charge in [-0.15, -0.1) is 0 Å². The highest BCUT2D eigenvalue weighted by molar-refractivity contribution is 7.80. The van der Waals surface area contributed by atoms with Crippen molar-refractivity contribution in [3.63, 3.8) is 0 Å². The number of non-ortho nitro benzene ring substituents is 1. The van der Waals surface area contributed by atoms with Crippen LogP contribution in [0.4, 0.5) is 11.4 Å². The number of hydrogen-bond acceptors (Lipinski definition) is 4. The number of piperidine rings is 1. The second kappa shape index (κ2) is 6.82. The van der Waals surface area contributed by atoms with Gasteiger partial charge in [-0.3, -0.25) is 15.5 Å². The SMILES string of the molecule is CC1CCCC(C)N1NC(=S)Nc1ccc([N+](=O)[O-])cc1. The lowest BCUT2D eigenvalue weighted by atomic mass is 10.00. The molecule has 114 valence electrons. The van der Waals surface area contributed by atoms with Crippen LogP contribution >= 0.6 is 12.2 Å². The van der Waals surface area contributed by atoms with Gasteiger partial charge in [-0.25, -0.2) is 5.01 Å². The number of hydrazine groups is 1. The molecule has 21 heavy (non-hydrogen) atoms. The Hall–Kier alpha value is -1.73. The molecule has 0 radical (unpaired) electrons. The molecule has 1 saturated heterocycles. The molecule has 0 amide bonds. The first-order chi connectivity index (χ1) is 9.97. The van der Waals surface area contributed by atoms with Crippen molar-refractivity contribution < 1.29 is 4.92 Å². The Kier molecular flexibility index (Phi) is 5.08. The molecule has 0 aromatic heterocycles. The highest BCUT2D eigenvalue weighted by Gasteiger charge is 2.25. The minimum Gasteiger partial charge on any atom is -0.332 e. The third-order valence-corrected chi connectivity index (χ3v) is 3.95. The van der Waals surface area contributed by atoms with E-state index in [1.807, 2.05) is 0 Å². The average molecular weight is 308 g/mol. The molecule has 0 aliphatic carbocycles. The number of hydrogen-bond donors (Lipinski definition) is 2. The van der Waals surface area contributed by atoms with E-state index in [2.05, 4.69) is 29.6 Å². The summed E-state index contributed by atoms with van der Waals surface area (Å²) >= 11 is 5.31. The van der Waals surface area contributed by atoms with Crippen LogP contribution in [0.15, 0.2) is 24.3 Å². The van der Waals surface area contributed by atoms with Crippen LogP contribution in [0.2, 0.25) is 0 Å². The van der Waals surface area contributed by atoms with Crippen LogP contribution in [0.5, 0.6) is 0 Å².